The zero-order chi connectivity index (χ0) is 18.2. The van der Waals surface area contributed by atoms with E-state index in [1.807, 2.05) is 19.1 Å². The van der Waals surface area contributed by atoms with Gasteiger partial charge >= 0.3 is 6.03 Å². The van der Waals surface area contributed by atoms with Gasteiger partial charge in [-0.15, -0.1) is 0 Å². The summed E-state index contributed by atoms with van der Waals surface area (Å²) in [7, 11) is 0. The average Bonchev–Trinajstić information content (AvgIpc) is 2.57. The van der Waals surface area contributed by atoms with E-state index in [0.717, 1.165) is 5.56 Å². The van der Waals surface area contributed by atoms with E-state index < -0.39 is 17.3 Å². The highest BCUT2D eigenvalue weighted by atomic mass is 35.5. The standard InChI is InChI=1S/C18H25ClN2O4/c1-12-4-3-5-13(19)14(12)20-16(23)21-9-6-18(7-10-21)15(22)17(2,24)8-11-25-18/h3-5,15,22,24H,6-11H2,1-2H3,(H,20,23)/t15-,17+/m0/s1. The summed E-state index contributed by atoms with van der Waals surface area (Å²) in [5, 5.41) is 24.3. The van der Waals surface area contributed by atoms with Gasteiger partial charge in [0.15, 0.2) is 0 Å². The van der Waals surface area contributed by atoms with Crippen LogP contribution in [0.5, 0.6) is 0 Å². The Kier molecular flexibility index (Phi) is 4.99. The molecule has 0 bridgehead atoms. The van der Waals surface area contributed by atoms with Crippen molar-refractivity contribution in [3.8, 4) is 0 Å². The Morgan fingerprint density at radius 1 is 1.36 bits per heavy atom. The van der Waals surface area contributed by atoms with Gasteiger partial charge in [0.2, 0.25) is 0 Å². The number of carbonyl (C=O) groups excluding carboxylic acids is 1. The molecule has 138 valence electrons. The van der Waals surface area contributed by atoms with E-state index in [2.05, 4.69) is 5.32 Å². The van der Waals surface area contributed by atoms with Crippen molar-refractivity contribution in [3.05, 3.63) is 28.8 Å². The van der Waals surface area contributed by atoms with E-state index in [0.29, 0.717) is 49.7 Å². The molecule has 3 rings (SSSR count). The zero-order valence-electron chi connectivity index (χ0n) is 14.6. The summed E-state index contributed by atoms with van der Waals surface area (Å²) in [4.78, 5) is 14.2. The first kappa shape index (κ1) is 18.5. The number of carbonyl (C=O) groups is 1. The predicted octanol–water partition coefficient (Wildman–Crippen LogP) is 2.55. The summed E-state index contributed by atoms with van der Waals surface area (Å²) in [6.45, 7) is 4.84. The van der Waals surface area contributed by atoms with Crippen molar-refractivity contribution < 1.29 is 19.7 Å². The van der Waals surface area contributed by atoms with Crippen LogP contribution < -0.4 is 5.32 Å². The van der Waals surface area contributed by atoms with Crippen LogP contribution >= 0.6 is 11.6 Å². The van der Waals surface area contributed by atoms with E-state index in [1.54, 1.807) is 17.9 Å². The van der Waals surface area contributed by atoms with Crippen LogP contribution in [0.1, 0.15) is 31.7 Å². The molecule has 2 heterocycles. The number of anilines is 1. The fourth-order valence-corrected chi connectivity index (χ4v) is 3.99. The zero-order valence-corrected chi connectivity index (χ0v) is 15.3. The largest absolute Gasteiger partial charge is 0.387 e. The van der Waals surface area contributed by atoms with Crippen molar-refractivity contribution in [1.29, 1.82) is 0 Å². The fraction of sp³-hybridized carbons (Fsp3) is 0.611. The fourth-order valence-electron chi connectivity index (χ4n) is 3.73. The van der Waals surface area contributed by atoms with Crippen LogP contribution in [0.3, 0.4) is 0 Å². The number of amides is 2. The Labute approximate surface area is 152 Å². The minimum atomic E-state index is -1.16. The van der Waals surface area contributed by atoms with E-state index in [9.17, 15) is 15.0 Å². The lowest BCUT2D eigenvalue weighted by Gasteiger charge is -2.51. The van der Waals surface area contributed by atoms with Gasteiger partial charge in [-0.1, -0.05) is 23.7 Å². The number of likely N-dealkylation sites (tertiary alicyclic amines) is 1. The molecule has 1 spiro atoms. The number of nitrogens with one attached hydrogen (secondary N) is 1. The summed E-state index contributed by atoms with van der Waals surface area (Å²) in [6.07, 6.45) is 0.425. The van der Waals surface area contributed by atoms with Gasteiger partial charge in [0.05, 0.1) is 22.9 Å². The Morgan fingerprint density at radius 3 is 2.68 bits per heavy atom. The highest BCUT2D eigenvalue weighted by Crippen LogP contribution is 2.40. The highest BCUT2D eigenvalue weighted by Gasteiger charge is 2.52. The highest BCUT2D eigenvalue weighted by molar-refractivity contribution is 6.33. The van der Waals surface area contributed by atoms with Crippen LogP contribution in [0.15, 0.2) is 18.2 Å². The number of halogens is 1. The number of aliphatic hydroxyl groups is 2. The number of aliphatic hydroxyl groups excluding tert-OH is 1. The number of para-hydroxylation sites is 1. The minimum absolute atomic E-state index is 0.219. The monoisotopic (exact) mass is 368 g/mol. The van der Waals surface area contributed by atoms with Crippen molar-refractivity contribution >= 4 is 23.3 Å². The van der Waals surface area contributed by atoms with Gasteiger partial charge in [0, 0.05) is 19.5 Å². The molecule has 2 fully saturated rings. The number of urea groups is 1. The second-order valence-corrected chi connectivity index (χ2v) is 7.68. The van der Waals surface area contributed by atoms with Gasteiger partial charge in [0.1, 0.15) is 11.7 Å². The second-order valence-electron chi connectivity index (χ2n) is 7.27. The van der Waals surface area contributed by atoms with E-state index >= 15 is 0 Å². The van der Waals surface area contributed by atoms with E-state index in [-0.39, 0.29) is 6.03 Å². The molecule has 0 unspecified atom stereocenters. The number of rotatable bonds is 1. The van der Waals surface area contributed by atoms with Gasteiger partial charge < -0.3 is 25.2 Å². The molecule has 2 saturated heterocycles. The maximum Gasteiger partial charge on any atom is 0.321 e. The molecule has 0 aromatic heterocycles. The van der Waals surface area contributed by atoms with Crippen LogP contribution in [0, 0.1) is 6.92 Å². The number of hydrogen-bond donors (Lipinski definition) is 3. The normalized spacial score (nSPS) is 28.8. The molecule has 7 heteroatoms. The third-order valence-electron chi connectivity index (χ3n) is 5.44. The third-order valence-corrected chi connectivity index (χ3v) is 5.75. The molecule has 2 amide bonds. The molecule has 0 radical (unpaired) electrons. The maximum atomic E-state index is 12.6. The quantitative estimate of drug-likeness (QED) is 0.711. The maximum absolute atomic E-state index is 12.6. The average molecular weight is 369 g/mol. The number of aryl methyl sites for hydroxylation is 1. The van der Waals surface area contributed by atoms with E-state index in [4.69, 9.17) is 16.3 Å². The summed E-state index contributed by atoms with van der Waals surface area (Å²) >= 11 is 6.17. The van der Waals surface area contributed by atoms with Crippen molar-refractivity contribution in [2.75, 3.05) is 25.0 Å². The third kappa shape index (κ3) is 3.49. The first-order valence-electron chi connectivity index (χ1n) is 8.61. The van der Waals surface area contributed by atoms with Gasteiger partial charge in [0.25, 0.3) is 0 Å². The molecule has 2 aliphatic rings. The minimum Gasteiger partial charge on any atom is -0.387 e. The lowest BCUT2D eigenvalue weighted by molar-refractivity contribution is -0.244. The number of hydrogen-bond acceptors (Lipinski definition) is 4. The Morgan fingerprint density at radius 2 is 2.04 bits per heavy atom. The van der Waals surface area contributed by atoms with Crippen LogP contribution in [0.2, 0.25) is 5.02 Å². The second kappa shape index (κ2) is 6.76. The predicted molar refractivity (Wildman–Crippen MR) is 95.9 cm³/mol. The number of nitrogens with zero attached hydrogens (tertiary/aromatic N) is 1. The Bertz CT molecular complexity index is 636. The summed E-state index contributed by atoms with van der Waals surface area (Å²) in [5.74, 6) is 0. The molecule has 2 aliphatic heterocycles. The smallest absolute Gasteiger partial charge is 0.321 e. The molecule has 1 aromatic rings. The Balaban J connectivity index is 1.65. The van der Waals surface area contributed by atoms with Crippen LogP contribution in [0.25, 0.3) is 0 Å². The number of piperidine rings is 1. The van der Waals surface area contributed by atoms with Crippen molar-refractivity contribution in [2.24, 2.45) is 0 Å². The summed E-state index contributed by atoms with van der Waals surface area (Å²) in [6, 6.07) is 5.25. The topological polar surface area (TPSA) is 82.0 Å². The van der Waals surface area contributed by atoms with Crippen LogP contribution in [-0.2, 0) is 4.74 Å². The van der Waals surface area contributed by atoms with Gasteiger partial charge in [-0.2, -0.15) is 0 Å². The van der Waals surface area contributed by atoms with Crippen molar-refractivity contribution in [3.63, 3.8) is 0 Å². The molecule has 2 atom stereocenters. The lowest BCUT2D eigenvalue weighted by atomic mass is 9.75. The summed E-state index contributed by atoms with van der Waals surface area (Å²) < 4.78 is 5.85. The van der Waals surface area contributed by atoms with Gasteiger partial charge in [-0.05, 0) is 38.3 Å². The van der Waals surface area contributed by atoms with Crippen LogP contribution in [0.4, 0.5) is 10.5 Å². The molecule has 6 nitrogen and oxygen atoms in total. The SMILES string of the molecule is Cc1cccc(Cl)c1NC(=O)N1CCC2(CC1)OCC[C@@](C)(O)[C@@H]2O. The molecule has 1 aromatic carbocycles. The van der Waals surface area contributed by atoms with E-state index in [1.165, 1.54) is 0 Å². The number of benzene rings is 1. The first-order chi connectivity index (χ1) is 11.8. The number of ether oxygens (including phenoxy) is 1. The Hall–Kier alpha value is -1.34. The lowest BCUT2D eigenvalue weighted by Crippen LogP contribution is -2.64. The van der Waals surface area contributed by atoms with Crippen LogP contribution in [-0.4, -0.2) is 58.1 Å². The molecule has 25 heavy (non-hydrogen) atoms. The van der Waals surface area contributed by atoms with Crippen molar-refractivity contribution in [2.45, 2.75) is 50.4 Å². The molecule has 3 N–H and O–H groups in total. The molecular weight excluding hydrogens is 344 g/mol. The van der Waals surface area contributed by atoms with Crippen molar-refractivity contribution in [1.82, 2.24) is 4.90 Å². The first-order valence-corrected chi connectivity index (χ1v) is 8.98. The molecule has 0 aliphatic carbocycles. The molecular formula is C18H25ClN2O4. The van der Waals surface area contributed by atoms with Gasteiger partial charge in [-0.3, -0.25) is 0 Å². The summed E-state index contributed by atoms with van der Waals surface area (Å²) in [5.41, 5.74) is -0.418. The van der Waals surface area contributed by atoms with Gasteiger partial charge in [-0.25, -0.2) is 4.79 Å². The molecule has 0 saturated carbocycles.